The van der Waals surface area contributed by atoms with Crippen LogP contribution < -0.4 is 5.32 Å². The van der Waals surface area contributed by atoms with E-state index >= 15 is 0 Å². The normalized spacial score (nSPS) is 17.6. The lowest BCUT2D eigenvalue weighted by Gasteiger charge is -2.31. The van der Waals surface area contributed by atoms with Crippen molar-refractivity contribution in [2.75, 3.05) is 26.7 Å². The fraction of sp³-hybridized carbons (Fsp3) is 0.812. The highest BCUT2D eigenvalue weighted by molar-refractivity contribution is 5.86. The average molecular weight is 282 g/mol. The van der Waals surface area contributed by atoms with Gasteiger partial charge in [-0.05, 0) is 45.8 Å². The van der Waals surface area contributed by atoms with Gasteiger partial charge >= 0.3 is 5.97 Å². The molecule has 0 atom stereocenters. The quantitative estimate of drug-likeness (QED) is 0.504. The van der Waals surface area contributed by atoms with Gasteiger partial charge in [-0.25, -0.2) is 4.79 Å². The largest absolute Gasteiger partial charge is 0.478 e. The summed E-state index contributed by atoms with van der Waals surface area (Å²) in [6, 6.07) is 0.780. The number of hydrogen-bond donors (Lipinski definition) is 2. The molecule has 1 rings (SSSR count). The van der Waals surface area contributed by atoms with Crippen molar-refractivity contribution in [1.29, 1.82) is 0 Å². The van der Waals surface area contributed by atoms with Gasteiger partial charge in [0.25, 0.3) is 0 Å². The molecule has 0 radical (unpaired) electrons. The first kappa shape index (κ1) is 17.2. The Morgan fingerprint density at radius 2 is 2.05 bits per heavy atom. The second kappa shape index (κ2) is 9.94. The summed E-state index contributed by atoms with van der Waals surface area (Å²) in [5.74, 6) is -0.800. The van der Waals surface area contributed by atoms with Crippen molar-refractivity contribution in [3.05, 3.63) is 11.6 Å². The summed E-state index contributed by atoms with van der Waals surface area (Å²) in [6.45, 7) is 4.60. The van der Waals surface area contributed by atoms with Crippen molar-refractivity contribution in [1.82, 2.24) is 10.2 Å². The molecule has 1 aliphatic carbocycles. The smallest absolute Gasteiger partial charge is 0.331 e. The van der Waals surface area contributed by atoms with Crippen LogP contribution in [0, 0.1) is 0 Å². The molecule has 0 saturated heterocycles. The zero-order valence-electron chi connectivity index (χ0n) is 13.0. The van der Waals surface area contributed by atoms with E-state index in [-0.39, 0.29) is 0 Å². The van der Waals surface area contributed by atoms with Crippen LogP contribution in [0.25, 0.3) is 0 Å². The van der Waals surface area contributed by atoms with Crippen LogP contribution in [0.3, 0.4) is 0 Å². The third-order valence-corrected chi connectivity index (χ3v) is 4.21. The molecule has 1 saturated carbocycles. The predicted octanol–water partition coefficient (Wildman–Crippen LogP) is 2.65. The minimum absolute atomic E-state index is 0.497. The summed E-state index contributed by atoms with van der Waals surface area (Å²) in [4.78, 5) is 13.3. The van der Waals surface area contributed by atoms with Crippen LogP contribution in [-0.2, 0) is 4.79 Å². The minimum atomic E-state index is -0.800. The van der Waals surface area contributed by atoms with E-state index in [0.717, 1.165) is 25.6 Å². The van der Waals surface area contributed by atoms with E-state index in [9.17, 15) is 4.79 Å². The van der Waals surface area contributed by atoms with Crippen LogP contribution in [0.4, 0.5) is 0 Å². The highest BCUT2D eigenvalue weighted by Gasteiger charge is 2.16. The third-order valence-electron chi connectivity index (χ3n) is 4.21. The fourth-order valence-corrected chi connectivity index (χ4v) is 2.84. The first-order valence-corrected chi connectivity index (χ1v) is 7.98. The maximum Gasteiger partial charge on any atom is 0.331 e. The molecule has 4 heteroatoms. The molecule has 0 amide bonds. The molecule has 116 valence electrons. The van der Waals surface area contributed by atoms with E-state index in [1.165, 1.54) is 32.1 Å². The molecule has 20 heavy (non-hydrogen) atoms. The Morgan fingerprint density at radius 1 is 1.35 bits per heavy atom. The maximum atomic E-state index is 10.8. The SMILES string of the molecule is CCC(=CCNCCCN(C)C1CCCCC1)C(=O)O. The number of carbonyl (C=O) groups is 1. The van der Waals surface area contributed by atoms with E-state index in [0.29, 0.717) is 18.5 Å². The second-order valence-electron chi connectivity index (χ2n) is 5.72. The van der Waals surface area contributed by atoms with Crippen LogP contribution in [0.15, 0.2) is 11.6 Å². The van der Waals surface area contributed by atoms with Crippen molar-refractivity contribution in [2.45, 2.75) is 57.9 Å². The zero-order valence-corrected chi connectivity index (χ0v) is 13.0. The standard InChI is InChI=1S/C16H30N2O2/c1-3-14(16(19)20)10-12-17-11-7-13-18(2)15-8-5-4-6-9-15/h10,15,17H,3-9,11-13H2,1-2H3,(H,19,20). The van der Waals surface area contributed by atoms with E-state index < -0.39 is 5.97 Å². The summed E-state index contributed by atoms with van der Waals surface area (Å²) in [7, 11) is 2.23. The van der Waals surface area contributed by atoms with Gasteiger partial charge in [0, 0.05) is 18.2 Å². The second-order valence-corrected chi connectivity index (χ2v) is 5.72. The summed E-state index contributed by atoms with van der Waals surface area (Å²) in [5.41, 5.74) is 0.497. The van der Waals surface area contributed by atoms with Gasteiger partial charge in [-0.2, -0.15) is 0 Å². The van der Waals surface area contributed by atoms with Crippen LogP contribution in [-0.4, -0.2) is 48.7 Å². The number of carboxylic acids is 1. The van der Waals surface area contributed by atoms with Crippen molar-refractivity contribution < 1.29 is 9.90 Å². The van der Waals surface area contributed by atoms with Crippen LogP contribution >= 0.6 is 0 Å². The Kier molecular flexibility index (Phi) is 8.54. The molecule has 1 fully saturated rings. The van der Waals surface area contributed by atoms with Gasteiger partial charge in [0.05, 0.1) is 0 Å². The van der Waals surface area contributed by atoms with E-state index in [2.05, 4.69) is 17.3 Å². The lowest BCUT2D eigenvalue weighted by molar-refractivity contribution is -0.132. The minimum Gasteiger partial charge on any atom is -0.478 e. The molecule has 0 heterocycles. The van der Waals surface area contributed by atoms with Crippen LogP contribution in [0.1, 0.15) is 51.9 Å². The molecule has 1 aliphatic rings. The Morgan fingerprint density at radius 3 is 2.65 bits per heavy atom. The highest BCUT2D eigenvalue weighted by atomic mass is 16.4. The van der Waals surface area contributed by atoms with Gasteiger partial charge in [-0.3, -0.25) is 0 Å². The molecule has 2 N–H and O–H groups in total. The molecule has 0 aromatic carbocycles. The number of nitrogens with zero attached hydrogens (tertiary/aromatic N) is 1. The first-order chi connectivity index (χ1) is 9.65. The number of rotatable bonds is 9. The van der Waals surface area contributed by atoms with Gasteiger partial charge in [-0.15, -0.1) is 0 Å². The molecular formula is C16H30N2O2. The van der Waals surface area contributed by atoms with Crippen molar-refractivity contribution in [2.24, 2.45) is 0 Å². The molecule has 0 unspecified atom stereocenters. The Balaban J connectivity index is 2.08. The number of carboxylic acid groups (broad SMARTS) is 1. The van der Waals surface area contributed by atoms with Crippen LogP contribution in [0.2, 0.25) is 0 Å². The number of nitrogens with one attached hydrogen (secondary N) is 1. The zero-order chi connectivity index (χ0) is 14.8. The average Bonchev–Trinajstić information content (AvgIpc) is 2.46. The molecular weight excluding hydrogens is 252 g/mol. The molecule has 0 spiro atoms. The Hall–Kier alpha value is -0.870. The third kappa shape index (κ3) is 6.53. The summed E-state index contributed by atoms with van der Waals surface area (Å²) in [5, 5.41) is 12.2. The topological polar surface area (TPSA) is 52.6 Å². The molecule has 0 aromatic rings. The van der Waals surface area contributed by atoms with E-state index in [4.69, 9.17) is 5.11 Å². The van der Waals surface area contributed by atoms with Crippen molar-refractivity contribution >= 4 is 5.97 Å². The monoisotopic (exact) mass is 282 g/mol. The molecule has 4 nitrogen and oxygen atoms in total. The summed E-state index contributed by atoms with van der Waals surface area (Å²) < 4.78 is 0. The molecule has 0 aromatic heterocycles. The Labute approximate surface area is 123 Å². The van der Waals surface area contributed by atoms with Gasteiger partial charge in [0.2, 0.25) is 0 Å². The summed E-state index contributed by atoms with van der Waals surface area (Å²) >= 11 is 0. The van der Waals surface area contributed by atoms with E-state index in [1.807, 2.05) is 6.92 Å². The van der Waals surface area contributed by atoms with Crippen LogP contribution in [0.5, 0.6) is 0 Å². The predicted molar refractivity (Wildman–Crippen MR) is 83.0 cm³/mol. The van der Waals surface area contributed by atoms with Crippen molar-refractivity contribution in [3.63, 3.8) is 0 Å². The maximum absolute atomic E-state index is 10.8. The molecule has 0 aliphatic heterocycles. The highest BCUT2D eigenvalue weighted by Crippen LogP contribution is 2.21. The molecule has 0 bridgehead atoms. The van der Waals surface area contributed by atoms with E-state index in [1.54, 1.807) is 6.08 Å². The first-order valence-electron chi connectivity index (χ1n) is 7.98. The Bertz CT molecular complexity index is 310. The van der Waals surface area contributed by atoms with Gasteiger partial charge in [0.1, 0.15) is 0 Å². The van der Waals surface area contributed by atoms with Crippen molar-refractivity contribution in [3.8, 4) is 0 Å². The number of aliphatic carboxylic acids is 1. The van der Waals surface area contributed by atoms with Gasteiger partial charge < -0.3 is 15.3 Å². The lowest BCUT2D eigenvalue weighted by Crippen LogP contribution is -2.35. The summed E-state index contributed by atoms with van der Waals surface area (Å²) in [6.07, 6.45) is 10.4. The van der Waals surface area contributed by atoms with Gasteiger partial charge in [0.15, 0.2) is 0 Å². The van der Waals surface area contributed by atoms with Gasteiger partial charge in [-0.1, -0.05) is 32.3 Å². The number of hydrogen-bond acceptors (Lipinski definition) is 3. The fourth-order valence-electron chi connectivity index (χ4n) is 2.84. The lowest BCUT2D eigenvalue weighted by atomic mass is 9.94.